The molecule has 0 bridgehead atoms. The maximum Gasteiger partial charge on any atom is 0.306 e. The van der Waals surface area contributed by atoms with Gasteiger partial charge in [-0.25, -0.2) is 4.98 Å². The van der Waals surface area contributed by atoms with Crippen LogP contribution in [0.3, 0.4) is 0 Å². The maximum absolute atomic E-state index is 11.4. The van der Waals surface area contributed by atoms with Crippen LogP contribution in [0.5, 0.6) is 5.75 Å². The fourth-order valence-electron chi connectivity index (χ4n) is 3.86. The van der Waals surface area contributed by atoms with Crippen LogP contribution in [0.2, 0.25) is 0 Å². The zero-order valence-electron chi connectivity index (χ0n) is 15.9. The van der Waals surface area contributed by atoms with E-state index in [1.54, 1.807) is 11.3 Å². The highest BCUT2D eigenvalue weighted by Crippen LogP contribution is 2.37. The number of thiazole rings is 1. The van der Waals surface area contributed by atoms with Gasteiger partial charge in [0.15, 0.2) is 0 Å². The number of benzene rings is 2. The second kappa shape index (κ2) is 8.29. The van der Waals surface area contributed by atoms with Crippen molar-refractivity contribution in [3.8, 4) is 5.75 Å². The van der Waals surface area contributed by atoms with E-state index in [2.05, 4.69) is 23.1 Å². The van der Waals surface area contributed by atoms with Crippen LogP contribution in [0.1, 0.15) is 36.4 Å². The molecule has 0 saturated carbocycles. The first-order valence-electron chi connectivity index (χ1n) is 9.70. The van der Waals surface area contributed by atoms with Crippen LogP contribution < -0.4 is 4.74 Å². The summed E-state index contributed by atoms with van der Waals surface area (Å²) in [6.45, 7) is 4.10. The highest BCUT2D eigenvalue weighted by Gasteiger charge is 2.32. The number of carbonyl (C=O) groups is 1. The Bertz CT molecular complexity index is 930. The van der Waals surface area contributed by atoms with Crippen molar-refractivity contribution < 1.29 is 14.6 Å². The molecule has 1 unspecified atom stereocenters. The molecule has 3 aromatic rings. The first-order valence-corrected chi connectivity index (χ1v) is 10.5. The van der Waals surface area contributed by atoms with Gasteiger partial charge in [0.1, 0.15) is 10.8 Å². The summed E-state index contributed by atoms with van der Waals surface area (Å²) in [5.41, 5.74) is 2.15. The molecule has 1 aromatic heterocycles. The fourth-order valence-corrected chi connectivity index (χ4v) is 4.99. The van der Waals surface area contributed by atoms with E-state index in [-0.39, 0.29) is 12.0 Å². The van der Waals surface area contributed by atoms with Gasteiger partial charge >= 0.3 is 5.97 Å². The minimum absolute atomic E-state index is 0.00699. The monoisotopic (exact) mass is 396 g/mol. The van der Waals surface area contributed by atoms with E-state index in [1.807, 2.05) is 37.3 Å². The molecule has 1 aliphatic heterocycles. The number of ether oxygens (including phenoxy) is 1. The number of piperidine rings is 1. The Kier molecular flexibility index (Phi) is 5.59. The maximum atomic E-state index is 11.4. The summed E-state index contributed by atoms with van der Waals surface area (Å²) < 4.78 is 6.88. The van der Waals surface area contributed by atoms with Crippen LogP contribution in [-0.4, -0.2) is 40.7 Å². The molecule has 6 heteroatoms. The van der Waals surface area contributed by atoms with Crippen molar-refractivity contribution in [3.05, 3.63) is 59.1 Å². The highest BCUT2D eigenvalue weighted by molar-refractivity contribution is 7.18. The SMILES string of the molecule is CCOc1cccc(C(c2nc3ccccc3s2)N2CCC(C(=O)O)CC2)c1. The molecule has 28 heavy (non-hydrogen) atoms. The van der Waals surface area contributed by atoms with Crippen LogP contribution in [0.15, 0.2) is 48.5 Å². The summed E-state index contributed by atoms with van der Waals surface area (Å²) in [6, 6.07) is 16.4. The number of para-hydroxylation sites is 1. The first kappa shape index (κ1) is 18.9. The molecule has 0 amide bonds. The normalized spacial score (nSPS) is 16.9. The molecule has 0 spiro atoms. The Labute approximate surface area is 168 Å². The third kappa shape index (κ3) is 3.88. The predicted octanol–water partition coefficient (Wildman–Crippen LogP) is 4.58. The molecule has 0 aliphatic carbocycles. The molecule has 1 saturated heterocycles. The Balaban J connectivity index is 1.71. The number of aromatic nitrogens is 1. The number of carboxylic acid groups (broad SMARTS) is 1. The van der Waals surface area contributed by atoms with Gasteiger partial charge in [0.05, 0.1) is 28.8 Å². The van der Waals surface area contributed by atoms with E-state index < -0.39 is 5.97 Å². The predicted molar refractivity (Wildman–Crippen MR) is 111 cm³/mol. The Hall–Kier alpha value is -2.44. The Morgan fingerprint density at radius 3 is 2.75 bits per heavy atom. The molecule has 2 aromatic carbocycles. The van der Waals surface area contributed by atoms with Crippen LogP contribution in [0.25, 0.3) is 10.2 Å². The average Bonchev–Trinajstić information content (AvgIpc) is 3.13. The minimum atomic E-state index is -0.686. The highest BCUT2D eigenvalue weighted by atomic mass is 32.1. The molecule has 146 valence electrons. The zero-order valence-corrected chi connectivity index (χ0v) is 16.7. The molecule has 0 radical (unpaired) electrons. The third-order valence-corrected chi connectivity index (χ3v) is 6.36. The van der Waals surface area contributed by atoms with Gasteiger partial charge in [0.2, 0.25) is 0 Å². The van der Waals surface area contributed by atoms with Gasteiger partial charge in [-0.05, 0) is 62.7 Å². The van der Waals surface area contributed by atoms with Gasteiger partial charge in [0.25, 0.3) is 0 Å². The number of aliphatic carboxylic acids is 1. The van der Waals surface area contributed by atoms with Gasteiger partial charge in [-0.3, -0.25) is 9.69 Å². The van der Waals surface area contributed by atoms with Gasteiger partial charge in [0, 0.05) is 0 Å². The number of fused-ring (bicyclic) bond motifs is 1. The smallest absolute Gasteiger partial charge is 0.306 e. The van der Waals surface area contributed by atoms with E-state index in [0.29, 0.717) is 19.4 Å². The zero-order chi connectivity index (χ0) is 19.5. The van der Waals surface area contributed by atoms with Gasteiger partial charge in [-0.15, -0.1) is 11.3 Å². The lowest BCUT2D eigenvalue weighted by Gasteiger charge is -2.35. The van der Waals surface area contributed by atoms with Crippen molar-refractivity contribution in [2.45, 2.75) is 25.8 Å². The standard InChI is InChI=1S/C22H24N2O3S/c1-2-27-17-7-5-6-16(14-17)20(24-12-10-15(11-13-24)22(25)26)21-23-18-8-3-4-9-19(18)28-21/h3-9,14-15,20H,2,10-13H2,1H3,(H,25,26). The van der Waals surface area contributed by atoms with Crippen LogP contribution in [0.4, 0.5) is 0 Å². The van der Waals surface area contributed by atoms with Crippen LogP contribution in [-0.2, 0) is 4.79 Å². The van der Waals surface area contributed by atoms with Crippen LogP contribution in [0, 0.1) is 5.92 Å². The molecule has 1 aliphatic rings. The van der Waals surface area contributed by atoms with Crippen molar-refractivity contribution in [1.82, 2.24) is 9.88 Å². The number of hydrogen-bond donors (Lipinski definition) is 1. The Morgan fingerprint density at radius 1 is 1.25 bits per heavy atom. The minimum Gasteiger partial charge on any atom is -0.494 e. The number of nitrogens with zero attached hydrogens (tertiary/aromatic N) is 2. The second-order valence-corrected chi connectivity index (χ2v) is 8.14. The number of carboxylic acids is 1. The van der Waals surface area contributed by atoms with E-state index in [1.165, 1.54) is 4.70 Å². The lowest BCUT2D eigenvalue weighted by molar-refractivity contribution is -0.143. The number of rotatable bonds is 6. The summed E-state index contributed by atoms with van der Waals surface area (Å²) in [7, 11) is 0. The quantitative estimate of drug-likeness (QED) is 0.661. The largest absolute Gasteiger partial charge is 0.494 e. The molecule has 4 rings (SSSR count). The van der Waals surface area contributed by atoms with Gasteiger partial charge in [-0.2, -0.15) is 0 Å². The lowest BCUT2D eigenvalue weighted by atomic mass is 9.94. The molecule has 2 heterocycles. The van der Waals surface area contributed by atoms with Crippen molar-refractivity contribution in [2.24, 2.45) is 5.92 Å². The molecule has 1 N–H and O–H groups in total. The molecular weight excluding hydrogens is 372 g/mol. The van der Waals surface area contributed by atoms with Gasteiger partial charge in [-0.1, -0.05) is 24.3 Å². The van der Waals surface area contributed by atoms with Crippen molar-refractivity contribution in [2.75, 3.05) is 19.7 Å². The lowest BCUT2D eigenvalue weighted by Crippen LogP contribution is -2.39. The van der Waals surface area contributed by atoms with E-state index >= 15 is 0 Å². The van der Waals surface area contributed by atoms with Gasteiger partial charge < -0.3 is 9.84 Å². The molecule has 1 atom stereocenters. The van der Waals surface area contributed by atoms with E-state index in [4.69, 9.17) is 9.72 Å². The average molecular weight is 397 g/mol. The van der Waals surface area contributed by atoms with Crippen molar-refractivity contribution >= 4 is 27.5 Å². The van der Waals surface area contributed by atoms with Crippen molar-refractivity contribution in [1.29, 1.82) is 0 Å². The number of likely N-dealkylation sites (tertiary alicyclic amines) is 1. The summed E-state index contributed by atoms with van der Waals surface area (Å²) in [5.74, 6) is -0.0805. The summed E-state index contributed by atoms with van der Waals surface area (Å²) in [6.07, 6.45) is 1.34. The summed E-state index contributed by atoms with van der Waals surface area (Å²) in [5, 5.41) is 10.4. The first-order chi connectivity index (χ1) is 13.7. The van der Waals surface area contributed by atoms with E-state index in [0.717, 1.165) is 34.9 Å². The summed E-state index contributed by atoms with van der Waals surface area (Å²) in [4.78, 5) is 18.6. The second-order valence-electron chi connectivity index (χ2n) is 7.08. The fraction of sp³-hybridized carbons (Fsp3) is 0.364. The Morgan fingerprint density at radius 2 is 2.04 bits per heavy atom. The van der Waals surface area contributed by atoms with Crippen molar-refractivity contribution in [3.63, 3.8) is 0 Å². The molecule has 1 fully saturated rings. The van der Waals surface area contributed by atoms with E-state index in [9.17, 15) is 9.90 Å². The summed E-state index contributed by atoms with van der Waals surface area (Å²) >= 11 is 1.71. The molecule has 5 nitrogen and oxygen atoms in total. The number of hydrogen-bond acceptors (Lipinski definition) is 5. The molecular formula is C22H24N2O3S. The van der Waals surface area contributed by atoms with Crippen LogP contribution >= 0.6 is 11.3 Å². The third-order valence-electron chi connectivity index (χ3n) is 5.27. The topological polar surface area (TPSA) is 62.7 Å².